The highest BCUT2D eigenvalue weighted by Crippen LogP contribution is 2.16. The van der Waals surface area contributed by atoms with Crippen LogP contribution >= 0.6 is 11.6 Å². The summed E-state index contributed by atoms with van der Waals surface area (Å²) < 4.78 is 0. The van der Waals surface area contributed by atoms with Crippen molar-refractivity contribution in [3.63, 3.8) is 0 Å². The van der Waals surface area contributed by atoms with E-state index in [1.54, 1.807) is 11.9 Å². The van der Waals surface area contributed by atoms with Crippen molar-refractivity contribution in [2.24, 2.45) is 0 Å². The summed E-state index contributed by atoms with van der Waals surface area (Å²) in [6.07, 6.45) is 0. The van der Waals surface area contributed by atoms with Crippen molar-refractivity contribution < 1.29 is 4.79 Å². The van der Waals surface area contributed by atoms with Crippen LogP contribution in [0.1, 0.15) is 27.8 Å². The third kappa shape index (κ3) is 4.73. The molecule has 0 atom stereocenters. The van der Waals surface area contributed by atoms with Gasteiger partial charge in [-0.2, -0.15) is 0 Å². The first-order chi connectivity index (χ1) is 10.9. The van der Waals surface area contributed by atoms with Gasteiger partial charge >= 0.3 is 6.03 Å². The number of benzene rings is 2. The first kappa shape index (κ1) is 17.4. The Hall–Kier alpha value is -2.00. The maximum atomic E-state index is 12.3. The van der Waals surface area contributed by atoms with E-state index in [2.05, 4.69) is 38.2 Å². The average molecular weight is 331 g/mol. The van der Waals surface area contributed by atoms with Gasteiger partial charge in [0.25, 0.3) is 0 Å². The highest BCUT2D eigenvalue weighted by molar-refractivity contribution is 6.30. The van der Waals surface area contributed by atoms with E-state index in [1.165, 1.54) is 22.3 Å². The minimum atomic E-state index is -0.0932. The number of hydrogen-bond acceptors (Lipinski definition) is 1. The predicted octanol–water partition coefficient (Wildman–Crippen LogP) is 4.61. The Morgan fingerprint density at radius 2 is 1.78 bits per heavy atom. The lowest BCUT2D eigenvalue weighted by Crippen LogP contribution is -2.36. The van der Waals surface area contributed by atoms with Gasteiger partial charge in [0.15, 0.2) is 0 Å². The summed E-state index contributed by atoms with van der Waals surface area (Å²) in [4.78, 5) is 13.9. The number of amides is 2. The number of urea groups is 1. The van der Waals surface area contributed by atoms with Crippen molar-refractivity contribution in [1.29, 1.82) is 0 Å². The third-order valence-electron chi connectivity index (χ3n) is 3.91. The van der Waals surface area contributed by atoms with Gasteiger partial charge in [-0.05, 0) is 55.2 Å². The van der Waals surface area contributed by atoms with Crippen LogP contribution in [0.15, 0.2) is 36.4 Å². The number of carbonyl (C=O) groups excluding carboxylic acids is 1. The molecule has 0 saturated carbocycles. The quantitative estimate of drug-likeness (QED) is 0.872. The van der Waals surface area contributed by atoms with Gasteiger partial charge in [-0.1, -0.05) is 41.4 Å². The molecule has 122 valence electrons. The van der Waals surface area contributed by atoms with Gasteiger partial charge in [0.2, 0.25) is 0 Å². The summed E-state index contributed by atoms with van der Waals surface area (Å²) >= 11 is 5.98. The number of nitrogens with zero attached hydrogens (tertiary/aromatic N) is 1. The van der Waals surface area contributed by atoms with Crippen LogP contribution in [0.5, 0.6) is 0 Å². The van der Waals surface area contributed by atoms with Crippen molar-refractivity contribution in [2.75, 3.05) is 7.05 Å². The molecule has 3 nitrogen and oxygen atoms in total. The van der Waals surface area contributed by atoms with Gasteiger partial charge in [-0.25, -0.2) is 4.79 Å². The summed E-state index contributed by atoms with van der Waals surface area (Å²) in [7, 11) is 1.78. The van der Waals surface area contributed by atoms with E-state index in [4.69, 9.17) is 11.6 Å². The second-order valence-corrected chi connectivity index (χ2v) is 6.46. The number of nitrogens with one attached hydrogen (secondary N) is 1. The van der Waals surface area contributed by atoms with Gasteiger partial charge in [0.05, 0.1) is 0 Å². The Bertz CT molecular complexity index is 689. The number of aryl methyl sites for hydroxylation is 3. The molecule has 2 amide bonds. The molecule has 0 aliphatic rings. The van der Waals surface area contributed by atoms with Gasteiger partial charge in [-0.15, -0.1) is 0 Å². The predicted molar refractivity (Wildman–Crippen MR) is 95.8 cm³/mol. The Morgan fingerprint density at radius 1 is 1.13 bits per heavy atom. The van der Waals surface area contributed by atoms with Crippen LogP contribution in [-0.4, -0.2) is 18.0 Å². The Kier molecular flexibility index (Phi) is 5.67. The van der Waals surface area contributed by atoms with Crippen LogP contribution in [0.25, 0.3) is 0 Å². The maximum Gasteiger partial charge on any atom is 0.317 e. The largest absolute Gasteiger partial charge is 0.334 e. The molecule has 0 aliphatic heterocycles. The van der Waals surface area contributed by atoms with Gasteiger partial charge < -0.3 is 10.2 Å². The Labute approximate surface area is 143 Å². The van der Waals surface area contributed by atoms with E-state index in [1.807, 2.05) is 24.3 Å². The smallest absolute Gasteiger partial charge is 0.317 e. The van der Waals surface area contributed by atoms with Crippen molar-refractivity contribution in [3.8, 4) is 0 Å². The molecule has 0 radical (unpaired) electrons. The SMILES string of the molecule is Cc1cc(C)c(CNC(=O)N(C)Cc2cccc(Cl)c2)c(C)c1. The van der Waals surface area contributed by atoms with Crippen LogP contribution in [0.3, 0.4) is 0 Å². The van der Waals surface area contributed by atoms with Crippen molar-refractivity contribution >= 4 is 17.6 Å². The molecular weight excluding hydrogens is 308 g/mol. The molecule has 0 fully saturated rings. The zero-order valence-electron chi connectivity index (χ0n) is 14.1. The summed E-state index contributed by atoms with van der Waals surface area (Å²) in [6, 6.07) is 11.7. The van der Waals surface area contributed by atoms with Gasteiger partial charge in [0.1, 0.15) is 0 Å². The lowest BCUT2D eigenvalue weighted by Gasteiger charge is -2.19. The fourth-order valence-electron chi connectivity index (χ4n) is 2.77. The van der Waals surface area contributed by atoms with E-state index < -0.39 is 0 Å². The van der Waals surface area contributed by atoms with Crippen LogP contribution in [-0.2, 0) is 13.1 Å². The zero-order valence-corrected chi connectivity index (χ0v) is 14.9. The zero-order chi connectivity index (χ0) is 17.0. The summed E-state index contributed by atoms with van der Waals surface area (Å²) in [5, 5.41) is 3.67. The molecule has 0 aliphatic carbocycles. The minimum Gasteiger partial charge on any atom is -0.334 e. The Morgan fingerprint density at radius 3 is 2.39 bits per heavy atom. The van der Waals surface area contributed by atoms with Crippen LogP contribution in [0.4, 0.5) is 4.79 Å². The van der Waals surface area contributed by atoms with E-state index >= 15 is 0 Å². The monoisotopic (exact) mass is 330 g/mol. The topological polar surface area (TPSA) is 32.3 Å². The van der Waals surface area contributed by atoms with E-state index in [9.17, 15) is 4.79 Å². The van der Waals surface area contributed by atoms with Crippen molar-refractivity contribution in [3.05, 3.63) is 69.2 Å². The molecule has 23 heavy (non-hydrogen) atoms. The normalized spacial score (nSPS) is 10.5. The standard InChI is InChI=1S/C19H23ClN2O/c1-13-8-14(2)18(15(3)9-13)11-21-19(23)22(4)12-16-6-5-7-17(20)10-16/h5-10H,11-12H2,1-4H3,(H,21,23). The fourth-order valence-corrected chi connectivity index (χ4v) is 2.98. The number of carbonyl (C=O) groups is 1. The third-order valence-corrected chi connectivity index (χ3v) is 4.15. The molecule has 0 bridgehead atoms. The molecule has 0 aromatic heterocycles. The summed E-state index contributed by atoms with van der Waals surface area (Å²) in [5.74, 6) is 0. The van der Waals surface area contributed by atoms with Gasteiger partial charge in [-0.3, -0.25) is 0 Å². The molecule has 2 rings (SSSR count). The second kappa shape index (κ2) is 7.51. The number of rotatable bonds is 4. The first-order valence-corrected chi connectivity index (χ1v) is 8.04. The minimum absolute atomic E-state index is 0.0932. The van der Waals surface area contributed by atoms with Gasteiger partial charge in [0, 0.05) is 25.2 Å². The first-order valence-electron chi connectivity index (χ1n) is 7.67. The van der Waals surface area contributed by atoms with Crippen molar-refractivity contribution in [2.45, 2.75) is 33.9 Å². The van der Waals surface area contributed by atoms with Crippen LogP contribution < -0.4 is 5.32 Å². The number of hydrogen-bond donors (Lipinski definition) is 1. The summed E-state index contributed by atoms with van der Waals surface area (Å²) in [6.45, 7) is 7.31. The summed E-state index contributed by atoms with van der Waals surface area (Å²) in [5.41, 5.74) is 5.85. The highest BCUT2D eigenvalue weighted by atomic mass is 35.5. The van der Waals surface area contributed by atoms with E-state index in [-0.39, 0.29) is 6.03 Å². The fraction of sp³-hybridized carbons (Fsp3) is 0.316. The van der Waals surface area contributed by atoms with Crippen LogP contribution in [0, 0.1) is 20.8 Å². The maximum absolute atomic E-state index is 12.3. The molecule has 0 unspecified atom stereocenters. The molecular formula is C19H23ClN2O. The molecule has 2 aromatic carbocycles. The average Bonchev–Trinajstić information content (AvgIpc) is 2.45. The Balaban J connectivity index is 1.97. The second-order valence-electron chi connectivity index (χ2n) is 6.02. The molecule has 0 spiro atoms. The number of halogens is 1. The molecule has 2 aromatic rings. The molecule has 4 heteroatoms. The molecule has 0 saturated heterocycles. The van der Waals surface area contributed by atoms with Crippen molar-refractivity contribution in [1.82, 2.24) is 10.2 Å². The van der Waals surface area contributed by atoms with E-state index in [0.717, 1.165) is 5.56 Å². The molecule has 1 N–H and O–H groups in total. The highest BCUT2D eigenvalue weighted by Gasteiger charge is 2.11. The van der Waals surface area contributed by atoms with Crippen LogP contribution in [0.2, 0.25) is 5.02 Å². The van der Waals surface area contributed by atoms with E-state index in [0.29, 0.717) is 18.1 Å². The lowest BCUT2D eigenvalue weighted by atomic mass is 10.00. The molecule has 0 heterocycles. The lowest BCUT2D eigenvalue weighted by molar-refractivity contribution is 0.206.